The normalized spacial score (nSPS) is 13.4. The van der Waals surface area contributed by atoms with E-state index >= 15 is 0 Å². The summed E-state index contributed by atoms with van der Waals surface area (Å²) in [6, 6.07) is 0. The number of carbonyl (C=O) groups is 3. The van der Waals surface area contributed by atoms with Crippen LogP contribution in [0.5, 0.6) is 0 Å². The molecule has 0 heterocycles. The first-order valence-corrected chi connectivity index (χ1v) is 5.80. The summed E-state index contributed by atoms with van der Waals surface area (Å²) in [5.41, 5.74) is -1.82. The summed E-state index contributed by atoms with van der Waals surface area (Å²) in [5, 5.41) is 9.31. The molecule has 0 aromatic heterocycles. The first-order valence-electron chi connectivity index (χ1n) is 5.80. The lowest BCUT2D eigenvalue weighted by Gasteiger charge is -2.35. The molecular weight excluding hydrogens is 258 g/mol. The molecule has 0 rings (SSSR count). The van der Waals surface area contributed by atoms with Crippen molar-refractivity contribution in [2.45, 2.75) is 32.4 Å². The third kappa shape index (κ3) is 4.84. The first-order chi connectivity index (χ1) is 8.97. The van der Waals surface area contributed by atoms with Gasteiger partial charge in [-0.05, 0) is 13.8 Å². The molecule has 0 aliphatic carbocycles. The summed E-state index contributed by atoms with van der Waals surface area (Å²) < 4.78 is 9.74. The van der Waals surface area contributed by atoms with Gasteiger partial charge in [0, 0.05) is 13.5 Å². The molecule has 0 saturated heterocycles. The second-order valence-corrected chi connectivity index (χ2v) is 3.47. The predicted molar refractivity (Wildman–Crippen MR) is 63.2 cm³/mol. The van der Waals surface area contributed by atoms with Crippen LogP contribution in [0, 0.1) is 0 Å². The highest BCUT2D eigenvalue weighted by molar-refractivity contribution is 5.75. The molecular formula is C11H19NO7. The van der Waals surface area contributed by atoms with E-state index in [1.165, 1.54) is 7.11 Å². The van der Waals surface area contributed by atoms with Gasteiger partial charge in [-0.25, -0.2) is 4.79 Å². The Balaban J connectivity index is 5.17. The Labute approximate surface area is 111 Å². The molecule has 0 aliphatic rings. The van der Waals surface area contributed by atoms with Crippen molar-refractivity contribution in [1.29, 1.82) is 0 Å². The molecule has 8 heteroatoms. The zero-order chi connectivity index (χ0) is 14.9. The molecule has 0 aromatic carbocycles. The minimum atomic E-state index is -1.82. The van der Waals surface area contributed by atoms with E-state index in [-0.39, 0.29) is 26.1 Å². The molecule has 0 radical (unpaired) electrons. The van der Waals surface area contributed by atoms with Gasteiger partial charge in [-0.3, -0.25) is 14.4 Å². The number of carboxylic acids is 1. The lowest BCUT2D eigenvalue weighted by Crippen LogP contribution is -2.54. The predicted octanol–water partition coefficient (Wildman–Crippen LogP) is 0.803. The first kappa shape index (κ1) is 17.3. The fourth-order valence-electron chi connectivity index (χ4n) is 1.36. The number of hydrogen-bond donors (Lipinski definition) is 1. The molecule has 1 amide bonds. The van der Waals surface area contributed by atoms with E-state index in [4.69, 9.17) is 19.4 Å². The smallest absolute Gasteiger partial charge is 0.437 e. The van der Waals surface area contributed by atoms with Crippen LogP contribution < -0.4 is 0 Å². The van der Waals surface area contributed by atoms with Gasteiger partial charge in [0.1, 0.15) is 0 Å². The molecule has 0 spiro atoms. The molecule has 1 atom stereocenters. The molecule has 0 aliphatic heterocycles. The van der Waals surface area contributed by atoms with Crippen molar-refractivity contribution in [3.8, 4) is 0 Å². The van der Waals surface area contributed by atoms with Gasteiger partial charge in [-0.15, -0.1) is 5.06 Å². The van der Waals surface area contributed by atoms with Crippen molar-refractivity contribution < 1.29 is 33.8 Å². The Hall–Kier alpha value is -1.67. The topological polar surface area (TPSA) is 102 Å². The molecule has 0 fully saturated rings. The highest BCUT2D eigenvalue weighted by Crippen LogP contribution is 2.22. The number of hydroxylamine groups is 2. The number of aldehydes is 1. The van der Waals surface area contributed by atoms with E-state index < -0.39 is 17.8 Å². The maximum absolute atomic E-state index is 11.7. The number of hydrogen-bond acceptors (Lipinski definition) is 6. The van der Waals surface area contributed by atoms with Gasteiger partial charge in [0.05, 0.1) is 19.6 Å². The van der Waals surface area contributed by atoms with Crippen molar-refractivity contribution in [2.75, 3.05) is 20.3 Å². The van der Waals surface area contributed by atoms with Crippen LogP contribution in [0.2, 0.25) is 0 Å². The van der Waals surface area contributed by atoms with Crippen molar-refractivity contribution in [3.05, 3.63) is 0 Å². The van der Waals surface area contributed by atoms with Crippen molar-refractivity contribution in [1.82, 2.24) is 5.06 Å². The summed E-state index contributed by atoms with van der Waals surface area (Å²) >= 11 is 0. The van der Waals surface area contributed by atoms with E-state index in [2.05, 4.69) is 0 Å². The quantitative estimate of drug-likeness (QED) is 0.378. The van der Waals surface area contributed by atoms with E-state index in [1.807, 2.05) is 0 Å². The summed E-state index contributed by atoms with van der Waals surface area (Å²) in [6.07, 6.45) is -1.21. The number of amides is 1. The molecule has 0 aromatic rings. The molecule has 0 unspecified atom stereocenters. The SMILES string of the molecule is CCOC(=O)N(OCC)[C@](C=O)(CCC(=O)O)OC. The van der Waals surface area contributed by atoms with Crippen molar-refractivity contribution >= 4 is 18.3 Å². The Morgan fingerprint density at radius 3 is 2.32 bits per heavy atom. The lowest BCUT2D eigenvalue weighted by atomic mass is 10.1. The third-order valence-electron chi connectivity index (χ3n) is 2.27. The van der Waals surface area contributed by atoms with Gasteiger partial charge in [0.2, 0.25) is 5.72 Å². The summed E-state index contributed by atoms with van der Waals surface area (Å²) in [7, 11) is 1.18. The minimum Gasteiger partial charge on any atom is -0.481 e. The van der Waals surface area contributed by atoms with E-state index in [1.54, 1.807) is 13.8 Å². The van der Waals surface area contributed by atoms with Crippen LogP contribution in [0.3, 0.4) is 0 Å². The zero-order valence-electron chi connectivity index (χ0n) is 11.2. The summed E-state index contributed by atoms with van der Waals surface area (Å²) in [4.78, 5) is 38.6. The summed E-state index contributed by atoms with van der Waals surface area (Å²) in [6.45, 7) is 3.37. The van der Waals surface area contributed by atoms with Crippen LogP contribution in [-0.2, 0) is 23.9 Å². The van der Waals surface area contributed by atoms with Crippen LogP contribution in [0.4, 0.5) is 4.79 Å². The fraction of sp³-hybridized carbons (Fsp3) is 0.727. The molecule has 0 bridgehead atoms. The number of aliphatic carboxylic acids is 1. The maximum atomic E-state index is 11.7. The maximum Gasteiger partial charge on any atom is 0.437 e. The number of ether oxygens (including phenoxy) is 2. The average molecular weight is 277 g/mol. The zero-order valence-corrected chi connectivity index (χ0v) is 11.2. The number of carbonyl (C=O) groups excluding carboxylic acids is 2. The largest absolute Gasteiger partial charge is 0.481 e. The number of rotatable bonds is 9. The van der Waals surface area contributed by atoms with Crippen molar-refractivity contribution in [2.24, 2.45) is 0 Å². The Kier molecular flexibility index (Phi) is 7.69. The molecule has 1 N–H and O–H groups in total. The van der Waals surface area contributed by atoms with Crippen LogP contribution in [0.15, 0.2) is 0 Å². The lowest BCUT2D eigenvalue weighted by molar-refractivity contribution is -0.260. The highest BCUT2D eigenvalue weighted by atomic mass is 16.8. The molecule has 110 valence electrons. The van der Waals surface area contributed by atoms with Crippen LogP contribution in [0.1, 0.15) is 26.7 Å². The van der Waals surface area contributed by atoms with Gasteiger partial charge < -0.3 is 14.6 Å². The monoisotopic (exact) mass is 277 g/mol. The third-order valence-corrected chi connectivity index (χ3v) is 2.27. The van der Waals surface area contributed by atoms with Crippen molar-refractivity contribution in [3.63, 3.8) is 0 Å². The van der Waals surface area contributed by atoms with E-state index in [0.717, 1.165) is 0 Å². The number of methoxy groups -OCH3 is 1. The van der Waals surface area contributed by atoms with Crippen LogP contribution >= 0.6 is 0 Å². The second kappa shape index (κ2) is 8.44. The standard InChI is InChI=1S/C11H19NO7/c1-4-18-10(16)12(19-5-2)11(8-13,17-3)7-6-9(14)15/h8H,4-7H2,1-3H3,(H,14,15)/t11-/m1/s1. The fourth-order valence-corrected chi connectivity index (χ4v) is 1.36. The minimum absolute atomic E-state index is 0.0833. The van der Waals surface area contributed by atoms with Crippen LogP contribution in [-0.4, -0.2) is 54.6 Å². The Bertz CT molecular complexity index is 320. The molecule has 0 saturated carbocycles. The average Bonchev–Trinajstić information content (AvgIpc) is 2.39. The highest BCUT2D eigenvalue weighted by Gasteiger charge is 2.43. The van der Waals surface area contributed by atoms with Gasteiger partial charge in [-0.1, -0.05) is 0 Å². The number of nitrogens with zero attached hydrogens (tertiary/aromatic N) is 1. The van der Waals surface area contributed by atoms with E-state index in [9.17, 15) is 14.4 Å². The van der Waals surface area contributed by atoms with E-state index in [0.29, 0.717) is 11.3 Å². The van der Waals surface area contributed by atoms with Gasteiger partial charge in [0.25, 0.3) is 0 Å². The Morgan fingerprint density at radius 2 is 1.95 bits per heavy atom. The second-order valence-electron chi connectivity index (χ2n) is 3.47. The summed E-state index contributed by atoms with van der Waals surface area (Å²) in [5.74, 6) is -1.12. The Morgan fingerprint density at radius 1 is 1.32 bits per heavy atom. The number of carboxylic acid groups (broad SMARTS) is 1. The van der Waals surface area contributed by atoms with Gasteiger partial charge in [-0.2, -0.15) is 0 Å². The molecule has 8 nitrogen and oxygen atoms in total. The molecule has 19 heavy (non-hydrogen) atoms. The van der Waals surface area contributed by atoms with Gasteiger partial charge >= 0.3 is 12.1 Å². The van der Waals surface area contributed by atoms with Gasteiger partial charge in [0.15, 0.2) is 6.29 Å². The van der Waals surface area contributed by atoms with Crippen LogP contribution in [0.25, 0.3) is 0 Å².